The van der Waals surface area contributed by atoms with Gasteiger partial charge in [-0.2, -0.15) is 0 Å². The zero-order valence-electron chi connectivity index (χ0n) is 14.2. The summed E-state index contributed by atoms with van der Waals surface area (Å²) < 4.78 is 0. The molecule has 0 spiro atoms. The molecule has 4 nitrogen and oxygen atoms in total. The van der Waals surface area contributed by atoms with Crippen LogP contribution in [-0.2, 0) is 10.4 Å². The first-order chi connectivity index (χ1) is 11.7. The highest BCUT2D eigenvalue weighted by atomic mass is 16.3. The lowest BCUT2D eigenvalue weighted by Crippen LogP contribution is -2.50. The van der Waals surface area contributed by atoms with Gasteiger partial charge in [0.1, 0.15) is 0 Å². The summed E-state index contributed by atoms with van der Waals surface area (Å²) in [6.07, 6.45) is 5.27. The minimum Gasteiger partial charge on any atom is -0.375 e. The summed E-state index contributed by atoms with van der Waals surface area (Å²) in [4.78, 5) is 13.0. The van der Waals surface area contributed by atoms with Crippen LogP contribution in [0.3, 0.4) is 0 Å². The van der Waals surface area contributed by atoms with E-state index < -0.39 is 5.60 Å². The molecule has 1 aliphatic heterocycles. The molecule has 4 rings (SSSR count). The molecular weight excluding hydrogens is 300 g/mol. The molecule has 4 heteroatoms. The quantitative estimate of drug-likeness (QED) is 0.775. The Morgan fingerprint density at radius 3 is 2.46 bits per heavy atom. The monoisotopic (exact) mass is 328 g/mol. The van der Waals surface area contributed by atoms with E-state index in [4.69, 9.17) is 0 Å². The molecule has 0 aromatic heterocycles. The molecule has 3 fully saturated rings. The normalized spacial score (nSPS) is 32.0. The second-order valence-electron chi connectivity index (χ2n) is 7.83. The van der Waals surface area contributed by atoms with Crippen LogP contribution in [0, 0.1) is 23.7 Å². The molecular formula is C20H28N2O2. The van der Waals surface area contributed by atoms with Crippen molar-refractivity contribution < 1.29 is 9.90 Å². The highest BCUT2D eigenvalue weighted by molar-refractivity contribution is 5.86. The first kappa shape index (κ1) is 16.1. The average Bonchev–Trinajstić information content (AvgIpc) is 3.07. The Bertz CT molecular complexity index is 575. The van der Waals surface area contributed by atoms with Gasteiger partial charge in [0.25, 0.3) is 5.91 Å². The van der Waals surface area contributed by atoms with Crippen LogP contribution >= 0.6 is 0 Å². The van der Waals surface area contributed by atoms with Crippen LogP contribution in [0.15, 0.2) is 30.3 Å². The molecule has 0 bridgehead atoms. The van der Waals surface area contributed by atoms with Crippen molar-refractivity contribution in [1.82, 2.24) is 10.6 Å². The fourth-order valence-electron chi connectivity index (χ4n) is 4.96. The largest absolute Gasteiger partial charge is 0.375 e. The first-order valence-corrected chi connectivity index (χ1v) is 9.48. The molecule has 2 aliphatic carbocycles. The summed E-state index contributed by atoms with van der Waals surface area (Å²) in [6.45, 7) is 2.87. The Balaban J connectivity index is 1.49. The summed E-state index contributed by atoms with van der Waals surface area (Å²) in [5.41, 5.74) is -0.642. The Morgan fingerprint density at radius 2 is 1.79 bits per heavy atom. The van der Waals surface area contributed by atoms with Crippen LogP contribution in [0.1, 0.15) is 37.7 Å². The number of carbonyl (C=O) groups is 1. The van der Waals surface area contributed by atoms with Crippen molar-refractivity contribution in [2.24, 2.45) is 23.7 Å². The zero-order valence-corrected chi connectivity index (χ0v) is 14.2. The highest BCUT2D eigenvalue weighted by Gasteiger charge is 2.53. The molecule has 24 heavy (non-hydrogen) atoms. The summed E-state index contributed by atoms with van der Waals surface area (Å²) in [5.74, 6) is 1.88. The lowest BCUT2D eigenvalue weighted by atomic mass is 9.73. The van der Waals surface area contributed by atoms with Crippen LogP contribution in [0.2, 0.25) is 0 Å². The van der Waals surface area contributed by atoms with Gasteiger partial charge >= 0.3 is 0 Å². The predicted molar refractivity (Wildman–Crippen MR) is 93.3 cm³/mol. The van der Waals surface area contributed by atoms with E-state index in [2.05, 4.69) is 10.6 Å². The minimum absolute atomic E-state index is 0.0222. The van der Waals surface area contributed by atoms with Crippen LogP contribution < -0.4 is 10.6 Å². The summed E-state index contributed by atoms with van der Waals surface area (Å²) in [6, 6.07) is 9.54. The van der Waals surface area contributed by atoms with E-state index in [1.165, 1.54) is 6.42 Å². The zero-order chi connectivity index (χ0) is 16.6. The standard InChI is InChI=1S/C20H28N2O2/c23-19(22-13-18-16-11-21-12-17(16)18)20(24,14-7-3-1-4-8-14)15-9-5-2-6-10-15/h1,3-4,7-8,15-18,21,24H,2,5-6,9-13H2,(H,22,23)/t16-,17?,18+,20?/m0/s1. The maximum Gasteiger partial charge on any atom is 0.256 e. The van der Waals surface area contributed by atoms with Gasteiger partial charge in [-0.3, -0.25) is 4.79 Å². The first-order valence-electron chi connectivity index (χ1n) is 9.48. The van der Waals surface area contributed by atoms with E-state index >= 15 is 0 Å². The second kappa shape index (κ2) is 6.49. The SMILES string of the molecule is O=C(NC[C@H]1C2CNC[C@@H]21)C(O)(c1ccccc1)C1CCCCC1. The summed E-state index contributed by atoms with van der Waals surface area (Å²) >= 11 is 0. The van der Waals surface area contributed by atoms with Crippen molar-refractivity contribution in [2.75, 3.05) is 19.6 Å². The molecule has 130 valence electrons. The molecule has 1 heterocycles. The van der Waals surface area contributed by atoms with Crippen LogP contribution in [-0.4, -0.2) is 30.6 Å². The minimum atomic E-state index is -1.38. The number of nitrogens with one attached hydrogen (secondary N) is 2. The van der Waals surface area contributed by atoms with Gasteiger partial charge in [0.15, 0.2) is 5.60 Å². The lowest BCUT2D eigenvalue weighted by molar-refractivity contribution is -0.149. The van der Waals surface area contributed by atoms with Crippen LogP contribution in [0.4, 0.5) is 0 Å². The van der Waals surface area contributed by atoms with E-state index in [-0.39, 0.29) is 11.8 Å². The highest BCUT2D eigenvalue weighted by Crippen LogP contribution is 2.48. The van der Waals surface area contributed by atoms with E-state index in [9.17, 15) is 9.90 Å². The number of aliphatic hydroxyl groups is 1. The number of hydrogen-bond donors (Lipinski definition) is 3. The van der Waals surface area contributed by atoms with E-state index in [0.717, 1.165) is 56.2 Å². The Kier molecular flexibility index (Phi) is 4.35. The van der Waals surface area contributed by atoms with E-state index in [0.29, 0.717) is 12.5 Å². The third kappa shape index (κ3) is 2.76. The molecule has 1 aromatic carbocycles. The van der Waals surface area contributed by atoms with E-state index in [1.54, 1.807) is 0 Å². The molecule has 2 saturated carbocycles. The van der Waals surface area contributed by atoms with Crippen molar-refractivity contribution in [3.8, 4) is 0 Å². The average molecular weight is 328 g/mol. The Hall–Kier alpha value is -1.39. The molecule has 4 atom stereocenters. The lowest BCUT2D eigenvalue weighted by Gasteiger charge is -2.37. The van der Waals surface area contributed by atoms with Gasteiger partial charge in [-0.15, -0.1) is 0 Å². The number of carbonyl (C=O) groups excluding carboxylic acids is 1. The third-order valence-electron chi connectivity index (χ3n) is 6.52. The van der Waals surface area contributed by atoms with E-state index in [1.807, 2.05) is 30.3 Å². The van der Waals surface area contributed by atoms with Crippen molar-refractivity contribution in [3.63, 3.8) is 0 Å². The molecule has 3 N–H and O–H groups in total. The predicted octanol–water partition coefficient (Wildman–Crippen LogP) is 2.04. The molecule has 1 saturated heterocycles. The number of piperidine rings is 1. The topological polar surface area (TPSA) is 61.4 Å². The van der Waals surface area contributed by atoms with Gasteiger partial charge in [0.2, 0.25) is 0 Å². The van der Waals surface area contributed by atoms with Gasteiger partial charge in [0.05, 0.1) is 0 Å². The van der Waals surface area contributed by atoms with Crippen LogP contribution in [0.5, 0.6) is 0 Å². The van der Waals surface area contributed by atoms with Gasteiger partial charge < -0.3 is 15.7 Å². The van der Waals surface area contributed by atoms with Crippen molar-refractivity contribution >= 4 is 5.91 Å². The fourth-order valence-corrected chi connectivity index (χ4v) is 4.96. The smallest absolute Gasteiger partial charge is 0.256 e. The molecule has 1 amide bonds. The number of benzene rings is 1. The van der Waals surface area contributed by atoms with Crippen LogP contribution in [0.25, 0.3) is 0 Å². The number of amides is 1. The van der Waals surface area contributed by atoms with Crippen molar-refractivity contribution in [1.29, 1.82) is 0 Å². The Morgan fingerprint density at radius 1 is 1.12 bits per heavy atom. The maximum absolute atomic E-state index is 13.0. The number of rotatable bonds is 5. The molecule has 3 aliphatic rings. The summed E-state index contributed by atoms with van der Waals surface area (Å²) in [5, 5.41) is 18.0. The van der Waals surface area contributed by atoms with Gasteiger partial charge in [-0.05, 0) is 49.2 Å². The van der Waals surface area contributed by atoms with Crippen molar-refractivity contribution in [2.45, 2.75) is 37.7 Å². The molecule has 1 aromatic rings. The van der Waals surface area contributed by atoms with Gasteiger partial charge in [-0.1, -0.05) is 49.6 Å². The fraction of sp³-hybridized carbons (Fsp3) is 0.650. The Labute approximate surface area is 144 Å². The maximum atomic E-state index is 13.0. The number of fused-ring (bicyclic) bond motifs is 1. The van der Waals surface area contributed by atoms with Gasteiger partial charge in [0, 0.05) is 12.5 Å². The molecule has 0 radical (unpaired) electrons. The third-order valence-corrected chi connectivity index (χ3v) is 6.52. The number of hydrogen-bond acceptors (Lipinski definition) is 3. The molecule has 2 unspecified atom stereocenters. The summed E-state index contributed by atoms with van der Waals surface area (Å²) in [7, 11) is 0. The second-order valence-corrected chi connectivity index (χ2v) is 7.83. The van der Waals surface area contributed by atoms with Crippen molar-refractivity contribution in [3.05, 3.63) is 35.9 Å². The van der Waals surface area contributed by atoms with Gasteiger partial charge in [-0.25, -0.2) is 0 Å².